The van der Waals surface area contributed by atoms with Crippen molar-refractivity contribution in [2.24, 2.45) is 5.10 Å². The van der Waals surface area contributed by atoms with E-state index >= 15 is 0 Å². The van der Waals surface area contributed by atoms with E-state index in [4.69, 9.17) is 0 Å². The molecule has 2 heterocycles. The Kier molecular flexibility index (Phi) is 5.12. The van der Waals surface area contributed by atoms with E-state index in [1.54, 1.807) is 18.2 Å². The van der Waals surface area contributed by atoms with Crippen LogP contribution in [-0.4, -0.2) is 21.6 Å². The molecule has 0 saturated carbocycles. The van der Waals surface area contributed by atoms with Crippen LogP contribution in [0, 0.1) is 19.7 Å². The predicted molar refractivity (Wildman–Crippen MR) is 97.5 cm³/mol. The summed E-state index contributed by atoms with van der Waals surface area (Å²) in [6.45, 7) is 3.73. The molecule has 0 spiro atoms. The second-order valence-electron chi connectivity index (χ2n) is 5.71. The number of aryl methyl sites for hydroxylation is 2. The Morgan fingerprint density at radius 2 is 1.46 bits per heavy atom. The van der Waals surface area contributed by atoms with E-state index in [-0.39, 0.29) is 5.56 Å². The molecule has 1 aromatic carbocycles. The van der Waals surface area contributed by atoms with Crippen LogP contribution in [-0.2, 0) is 0 Å². The topological polar surface area (TPSA) is 67.2 Å². The third kappa shape index (κ3) is 3.97. The summed E-state index contributed by atoms with van der Waals surface area (Å²) in [5.74, 6) is -1.25. The number of carbonyl (C=O) groups excluding carboxylic acids is 1. The van der Waals surface area contributed by atoms with Crippen molar-refractivity contribution >= 4 is 11.6 Å². The van der Waals surface area contributed by atoms with Crippen LogP contribution in [0.1, 0.15) is 33.1 Å². The molecule has 0 bridgehead atoms. The zero-order valence-corrected chi connectivity index (χ0v) is 14.4. The molecule has 5 nitrogen and oxygen atoms in total. The van der Waals surface area contributed by atoms with Gasteiger partial charge >= 0.3 is 0 Å². The van der Waals surface area contributed by atoms with Gasteiger partial charge in [0.1, 0.15) is 11.5 Å². The molecule has 0 radical (unpaired) electrons. The maximum atomic E-state index is 13.8. The lowest BCUT2D eigenvalue weighted by Gasteiger charge is -2.08. The van der Waals surface area contributed by atoms with Crippen LogP contribution in [0.15, 0.2) is 65.8 Å². The van der Waals surface area contributed by atoms with Gasteiger partial charge in [0.05, 0.1) is 17.0 Å². The van der Waals surface area contributed by atoms with E-state index < -0.39 is 11.7 Å². The normalized spacial score (nSPS) is 10.3. The lowest BCUT2D eigenvalue weighted by molar-refractivity contribution is 0.0951. The van der Waals surface area contributed by atoms with Gasteiger partial charge in [0, 0.05) is 11.4 Å². The highest BCUT2D eigenvalue weighted by Crippen LogP contribution is 2.10. The van der Waals surface area contributed by atoms with Gasteiger partial charge in [-0.25, -0.2) is 9.82 Å². The van der Waals surface area contributed by atoms with Crippen LogP contribution in [0.25, 0.3) is 0 Å². The number of hydrazone groups is 1. The fraction of sp³-hybridized carbons (Fsp3) is 0.100. The Morgan fingerprint density at radius 1 is 0.885 bits per heavy atom. The summed E-state index contributed by atoms with van der Waals surface area (Å²) in [4.78, 5) is 21.2. The van der Waals surface area contributed by atoms with Gasteiger partial charge in [0.2, 0.25) is 0 Å². The Hall–Kier alpha value is -3.41. The molecule has 0 aliphatic rings. The van der Waals surface area contributed by atoms with Crippen molar-refractivity contribution in [1.29, 1.82) is 0 Å². The van der Waals surface area contributed by atoms with E-state index in [0.29, 0.717) is 17.1 Å². The fourth-order valence-electron chi connectivity index (χ4n) is 2.41. The van der Waals surface area contributed by atoms with E-state index in [0.717, 1.165) is 11.4 Å². The molecule has 0 aliphatic carbocycles. The summed E-state index contributed by atoms with van der Waals surface area (Å²) in [6, 6.07) is 16.7. The smallest absolute Gasteiger partial charge is 0.267 e. The van der Waals surface area contributed by atoms with Gasteiger partial charge in [0.15, 0.2) is 0 Å². The second kappa shape index (κ2) is 7.65. The third-order valence-electron chi connectivity index (χ3n) is 3.65. The first-order valence-electron chi connectivity index (χ1n) is 8.05. The first kappa shape index (κ1) is 17.4. The number of pyridine rings is 2. The van der Waals surface area contributed by atoms with Gasteiger partial charge in [-0.1, -0.05) is 24.3 Å². The molecule has 0 atom stereocenters. The first-order valence-corrected chi connectivity index (χ1v) is 8.05. The van der Waals surface area contributed by atoms with Crippen LogP contribution in [0.3, 0.4) is 0 Å². The van der Waals surface area contributed by atoms with Crippen molar-refractivity contribution in [2.45, 2.75) is 13.8 Å². The monoisotopic (exact) mass is 348 g/mol. The van der Waals surface area contributed by atoms with Crippen molar-refractivity contribution in [3.8, 4) is 0 Å². The molecular formula is C20H17FN4O. The van der Waals surface area contributed by atoms with Gasteiger partial charge in [-0.2, -0.15) is 5.10 Å². The van der Waals surface area contributed by atoms with Gasteiger partial charge in [-0.3, -0.25) is 14.8 Å². The summed E-state index contributed by atoms with van der Waals surface area (Å²) in [6.07, 6.45) is 0. The van der Waals surface area contributed by atoms with Crippen LogP contribution >= 0.6 is 0 Å². The second-order valence-corrected chi connectivity index (χ2v) is 5.71. The van der Waals surface area contributed by atoms with Gasteiger partial charge in [-0.15, -0.1) is 0 Å². The fourth-order valence-corrected chi connectivity index (χ4v) is 2.41. The molecule has 0 aliphatic heterocycles. The Balaban J connectivity index is 1.99. The van der Waals surface area contributed by atoms with Gasteiger partial charge < -0.3 is 0 Å². The lowest BCUT2D eigenvalue weighted by Crippen LogP contribution is -2.22. The van der Waals surface area contributed by atoms with Crippen molar-refractivity contribution < 1.29 is 9.18 Å². The number of nitrogens with one attached hydrogen (secondary N) is 1. The lowest BCUT2D eigenvalue weighted by atomic mass is 10.1. The predicted octanol–water partition coefficient (Wildman–Crippen LogP) is 3.41. The van der Waals surface area contributed by atoms with E-state index in [1.807, 2.05) is 38.1 Å². The van der Waals surface area contributed by atoms with Crippen molar-refractivity contribution in [2.75, 3.05) is 0 Å². The number of nitrogens with zero attached hydrogens (tertiary/aromatic N) is 3. The van der Waals surface area contributed by atoms with Crippen LogP contribution < -0.4 is 5.43 Å². The molecule has 0 unspecified atom stereocenters. The molecule has 3 rings (SSSR count). The average Bonchev–Trinajstić information content (AvgIpc) is 2.62. The van der Waals surface area contributed by atoms with E-state index in [1.165, 1.54) is 18.2 Å². The molecule has 6 heteroatoms. The molecule has 130 valence electrons. The summed E-state index contributed by atoms with van der Waals surface area (Å²) in [5.41, 5.74) is 5.48. The molecule has 26 heavy (non-hydrogen) atoms. The molecule has 1 amide bonds. The minimum Gasteiger partial charge on any atom is -0.267 e. The minimum atomic E-state index is -0.638. The van der Waals surface area contributed by atoms with Crippen LogP contribution in [0.4, 0.5) is 4.39 Å². The van der Waals surface area contributed by atoms with E-state index in [9.17, 15) is 9.18 Å². The number of amides is 1. The van der Waals surface area contributed by atoms with Crippen molar-refractivity contribution in [3.63, 3.8) is 0 Å². The average molecular weight is 348 g/mol. The number of carbonyl (C=O) groups is 1. The van der Waals surface area contributed by atoms with Crippen molar-refractivity contribution in [3.05, 3.63) is 94.8 Å². The van der Waals surface area contributed by atoms with Crippen LogP contribution in [0.2, 0.25) is 0 Å². The SMILES string of the molecule is Cc1cccc(C(=NNC(=O)c2ccccc2F)c2cccc(C)n2)n1. The Morgan fingerprint density at radius 3 is 2.00 bits per heavy atom. The number of benzene rings is 1. The summed E-state index contributed by atoms with van der Waals surface area (Å²) in [7, 11) is 0. The Labute approximate surface area is 150 Å². The zero-order valence-electron chi connectivity index (χ0n) is 14.4. The molecule has 2 aromatic heterocycles. The van der Waals surface area contributed by atoms with Gasteiger partial charge in [0.25, 0.3) is 5.91 Å². The third-order valence-corrected chi connectivity index (χ3v) is 3.65. The van der Waals surface area contributed by atoms with Gasteiger partial charge in [-0.05, 0) is 50.2 Å². The highest BCUT2D eigenvalue weighted by Gasteiger charge is 2.14. The number of hydrogen-bond acceptors (Lipinski definition) is 4. The molecule has 1 N–H and O–H groups in total. The summed E-state index contributed by atoms with van der Waals surface area (Å²) < 4.78 is 13.8. The molecule has 0 fully saturated rings. The maximum absolute atomic E-state index is 13.8. The minimum absolute atomic E-state index is 0.0787. The van der Waals surface area contributed by atoms with Crippen LogP contribution in [0.5, 0.6) is 0 Å². The number of aromatic nitrogens is 2. The zero-order chi connectivity index (χ0) is 18.5. The highest BCUT2D eigenvalue weighted by atomic mass is 19.1. The summed E-state index contributed by atoms with van der Waals surface area (Å²) >= 11 is 0. The summed E-state index contributed by atoms with van der Waals surface area (Å²) in [5, 5.41) is 4.19. The molecular weight excluding hydrogens is 331 g/mol. The quantitative estimate of drug-likeness (QED) is 0.580. The molecule has 0 saturated heterocycles. The Bertz CT molecular complexity index is 937. The molecule has 3 aromatic rings. The number of rotatable bonds is 4. The van der Waals surface area contributed by atoms with Crippen molar-refractivity contribution in [1.82, 2.24) is 15.4 Å². The maximum Gasteiger partial charge on any atom is 0.274 e. The van der Waals surface area contributed by atoms with E-state index in [2.05, 4.69) is 20.5 Å². The number of halogens is 1. The standard InChI is InChI=1S/C20H17FN4O/c1-13-7-5-11-17(22-13)19(18-12-6-8-14(2)23-18)24-25-20(26)15-9-3-4-10-16(15)21/h3-12H,1-2H3,(H,25,26). The number of hydrogen-bond donors (Lipinski definition) is 1. The highest BCUT2D eigenvalue weighted by molar-refractivity contribution is 6.11. The largest absolute Gasteiger partial charge is 0.274 e. The first-order chi connectivity index (χ1) is 12.5.